The predicted molar refractivity (Wildman–Crippen MR) is 126 cm³/mol. The topological polar surface area (TPSA) is 89.7 Å². The molecule has 3 rings (SSSR count). The predicted octanol–water partition coefficient (Wildman–Crippen LogP) is 4.27. The van der Waals surface area contributed by atoms with Crippen molar-refractivity contribution in [2.24, 2.45) is 0 Å². The molecule has 0 aliphatic rings. The van der Waals surface area contributed by atoms with Crippen LogP contribution >= 0.6 is 11.8 Å². The zero-order valence-electron chi connectivity index (χ0n) is 18.7. The SMILES string of the molecule is CCn1c(S/C(=C\c2ccc(N(C)C)cc2)C(=O)O)nnc1-c1cc(OC)cc(OC)c1. The van der Waals surface area contributed by atoms with Crippen LogP contribution in [0.1, 0.15) is 12.5 Å². The van der Waals surface area contributed by atoms with Gasteiger partial charge in [-0.3, -0.25) is 0 Å². The van der Waals surface area contributed by atoms with Crippen LogP contribution in [0, 0.1) is 0 Å². The van der Waals surface area contributed by atoms with Gasteiger partial charge in [0.2, 0.25) is 0 Å². The number of anilines is 1. The molecule has 0 aliphatic carbocycles. The summed E-state index contributed by atoms with van der Waals surface area (Å²) in [5.41, 5.74) is 2.60. The molecule has 1 heterocycles. The molecule has 9 heteroatoms. The van der Waals surface area contributed by atoms with Gasteiger partial charge in [0, 0.05) is 38.0 Å². The Morgan fingerprint density at radius 2 is 1.72 bits per heavy atom. The molecular formula is C23H26N4O4S. The van der Waals surface area contributed by atoms with E-state index in [1.807, 2.05) is 66.9 Å². The van der Waals surface area contributed by atoms with Gasteiger partial charge in [-0.15, -0.1) is 10.2 Å². The Hall–Kier alpha value is -3.46. The summed E-state index contributed by atoms with van der Waals surface area (Å²) in [7, 11) is 7.08. The third-order valence-corrected chi connectivity index (χ3v) is 5.76. The van der Waals surface area contributed by atoms with Crippen LogP contribution in [0.5, 0.6) is 11.5 Å². The summed E-state index contributed by atoms with van der Waals surface area (Å²) < 4.78 is 12.6. The number of thioether (sulfide) groups is 1. The Morgan fingerprint density at radius 3 is 2.22 bits per heavy atom. The Morgan fingerprint density at radius 1 is 1.09 bits per heavy atom. The number of carboxylic acid groups (broad SMARTS) is 1. The van der Waals surface area contributed by atoms with E-state index < -0.39 is 5.97 Å². The molecule has 0 bridgehead atoms. The van der Waals surface area contributed by atoms with E-state index >= 15 is 0 Å². The minimum Gasteiger partial charge on any atom is -0.497 e. The van der Waals surface area contributed by atoms with E-state index in [-0.39, 0.29) is 4.91 Å². The van der Waals surface area contributed by atoms with Crippen LogP contribution in [0.15, 0.2) is 52.5 Å². The van der Waals surface area contributed by atoms with Crippen LogP contribution in [0.2, 0.25) is 0 Å². The van der Waals surface area contributed by atoms with E-state index in [1.54, 1.807) is 26.4 Å². The van der Waals surface area contributed by atoms with Crippen LogP contribution in [0.4, 0.5) is 5.69 Å². The Labute approximate surface area is 191 Å². The lowest BCUT2D eigenvalue weighted by atomic mass is 10.2. The number of benzene rings is 2. The summed E-state index contributed by atoms with van der Waals surface area (Å²) in [5, 5.41) is 18.8. The Bertz CT molecular complexity index is 1100. The second-order valence-electron chi connectivity index (χ2n) is 7.05. The number of carbonyl (C=O) groups is 1. The third kappa shape index (κ3) is 5.23. The number of ether oxygens (including phenoxy) is 2. The van der Waals surface area contributed by atoms with Crippen molar-refractivity contribution in [1.82, 2.24) is 14.8 Å². The summed E-state index contributed by atoms with van der Waals surface area (Å²) in [6, 6.07) is 13.1. The largest absolute Gasteiger partial charge is 0.497 e. The molecule has 0 unspecified atom stereocenters. The normalized spacial score (nSPS) is 11.3. The van der Waals surface area contributed by atoms with Crippen LogP contribution in [-0.2, 0) is 11.3 Å². The van der Waals surface area contributed by atoms with E-state index in [9.17, 15) is 9.90 Å². The Balaban J connectivity index is 1.96. The first-order valence-electron chi connectivity index (χ1n) is 9.93. The first kappa shape index (κ1) is 23.2. The van der Waals surface area contributed by atoms with E-state index in [0.29, 0.717) is 29.0 Å². The van der Waals surface area contributed by atoms with Gasteiger partial charge in [-0.1, -0.05) is 12.1 Å². The standard InChI is InChI=1S/C23H26N4O4S/c1-6-27-21(16-12-18(30-4)14-19(13-16)31-5)24-25-23(27)32-20(22(28)29)11-15-7-9-17(10-8-15)26(2)3/h7-14H,6H2,1-5H3,(H,28,29)/b20-11-. The van der Waals surface area contributed by atoms with E-state index in [2.05, 4.69) is 10.2 Å². The van der Waals surface area contributed by atoms with Crippen molar-refractivity contribution in [3.05, 3.63) is 52.9 Å². The summed E-state index contributed by atoms with van der Waals surface area (Å²) in [6.45, 7) is 2.52. The summed E-state index contributed by atoms with van der Waals surface area (Å²) in [4.78, 5) is 14.1. The number of hydrogen-bond donors (Lipinski definition) is 1. The molecular weight excluding hydrogens is 428 g/mol. The lowest BCUT2D eigenvalue weighted by molar-refractivity contribution is -0.131. The highest BCUT2D eigenvalue weighted by atomic mass is 32.2. The minimum atomic E-state index is -1.03. The average Bonchev–Trinajstić information content (AvgIpc) is 3.21. The van der Waals surface area contributed by atoms with Gasteiger partial charge in [0.05, 0.1) is 14.2 Å². The van der Waals surface area contributed by atoms with Crippen molar-refractivity contribution in [3.8, 4) is 22.9 Å². The molecule has 8 nitrogen and oxygen atoms in total. The molecule has 1 aromatic heterocycles. The van der Waals surface area contributed by atoms with Crippen LogP contribution in [0.3, 0.4) is 0 Å². The molecule has 0 saturated heterocycles. The molecule has 32 heavy (non-hydrogen) atoms. The molecule has 0 aliphatic heterocycles. The van der Waals surface area contributed by atoms with Crippen molar-refractivity contribution in [3.63, 3.8) is 0 Å². The monoisotopic (exact) mass is 454 g/mol. The number of nitrogens with zero attached hydrogens (tertiary/aromatic N) is 4. The first-order chi connectivity index (χ1) is 15.4. The molecule has 0 fully saturated rings. The fourth-order valence-electron chi connectivity index (χ4n) is 3.05. The maximum Gasteiger partial charge on any atom is 0.342 e. The molecule has 3 aromatic rings. The van der Waals surface area contributed by atoms with E-state index in [0.717, 1.165) is 28.6 Å². The highest BCUT2D eigenvalue weighted by molar-refractivity contribution is 8.04. The molecule has 0 saturated carbocycles. The number of rotatable bonds is 9. The first-order valence-corrected chi connectivity index (χ1v) is 10.7. The summed E-state index contributed by atoms with van der Waals surface area (Å²) >= 11 is 1.07. The van der Waals surface area contributed by atoms with Crippen molar-refractivity contribution < 1.29 is 19.4 Å². The average molecular weight is 455 g/mol. The Kier molecular flexibility index (Phi) is 7.42. The fourth-order valence-corrected chi connectivity index (χ4v) is 3.94. The van der Waals surface area contributed by atoms with Gasteiger partial charge in [-0.2, -0.15) is 0 Å². The molecule has 168 valence electrons. The summed E-state index contributed by atoms with van der Waals surface area (Å²) in [5.74, 6) is 0.840. The molecule has 0 atom stereocenters. The van der Waals surface area contributed by atoms with Gasteiger partial charge in [-0.25, -0.2) is 4.79 Å². The zero-order valence-corrected chi connectivity index (χ0v) is 19.5. The van der Waals surface area contributed by atoms with Gasteiger partial charge in [0.25, 0.3) is 0 Å². The van der Waals surface area contributed by atoms with Crippen LogP contribution < -0.4 is 14.4 Å². The second-order valence-corrected chi connectivity index (χ2v) is 8.06. The van der Waals surface area contributed by atoms with Gasteiger partial charge >= 0.3 is 5.97 Å². The number of methoxy groups -OCH3 is 2. The van der Waals surface area contributed by atoms with Gasteiger partial charge in [0.1, 0.15) is 16.4 Å². The number of carboxylic acids is 1. The van der Waals surface area contributed by atoms with Crippen molar-refractivity contribution in [2.45, 2.75) is 18.6 Å². The van der Waals surface area contributed by atoms with Crippen LogP contribution in [-0.4, -0.2) is 54.2 Å². The van der Waals surface area contributed by atoms with Crippen molar-refractivity contribution >= 4 is 29.5 Å². The molecule has 2 aromatic carbocycles. The van der Waals surface area contributed by atoms with Crippen molar-refractivity contribution in [2.75, 3.05) is 33.2 Å². The van der Waals surface area contributed by atoms with E-state index in [4.69, 9.17) is 9.47 Å². The second kappa shape index (κ2) is 10.2. The quantitative estimate of drug-likeness (QED) is 0.379. The number of aromatic nitrogens is 3. The highest BCUT2D eigenvalue weighted by Gasteiger charge is 2.19. The van der Waals surface area contributed by atoms with Gasteiger partial charge in [0.15, 0.2) is 11.0 Å². The molecule has 0 amide bonds. The van der Waals surface area contributed by atoms with E-state index in [1.165, 1.54) is 0 Å². The smallest absolute Gasteiger partial charge is 0.342 e. The minimum absolute atomic E-state index is 0.152. The maximum absolute atomic E-state index is 11.9. The number of hydrogen-bond acceptors (Lipinski definition) is 7. The highest BCUT2D eigenvalue weighted by Crippen LogP contribution is 2.33. The lowest BCUT2D eigenvalue weighted by Gasteiger charge is -2.12. The summed E-state index contributed by atoms with van der Waals surface area (Å²) in [6.07, 6.45) is 1.63. The van der Waals surface area contributed by atoms with Gasteiger partial charge < -0.3 is 24.0 Å². The van der Waals surface area contributed by atoms with Crippen molar-refractivity contribution in [1.29, 1.82) is 0 Å². The maximum atomic E-state index is 11.9. The lowest BCUT2D eigenvalue weighted by Crippen LogP contribution is -2.08. The third-order valence-electron chi connectivity index (χ3n) is 4.76. The van der Waals surface area contributed by atoms with Gasteiger partial charge in [-0.05, 0) is 54.6 Å². The van der Waals surface area contributed by atoms with Crippen LogP contribution in [0.25, 0.3) is 17.5 Å². The molecule has 1 N–H and O–H groups in total. The molecule has 0 spiro atoms. The fraction of sp³-hybridized carbons (Fsp3) is 0.261. The molecule has 0 radical (unpaired) electrons. The number of aliphatic carboxylic acids is 1. The zero-order chi connectivity index (χ0) is 23.3.